The first kappa shape index (κ1) is 14.4. The van der Waals surface area contributed by atoms with E-state index in [0.717, 1.165) is 25.7 Å². The van der Waals surface area contributed by atoms with E-state index in [1.54, 1.807) is 0 Å². The molecule has 0 aromatic heterocycles. The number of carbonyl (C=O) groups excluding carboxylic acids is 1. The van der Waals surface area contributed by atoms with Crippen molar-refractivity contribution in [2.24, 2.45) is 5.41 Å². The lowest BCUT2D eigenvalue weighted by atomic mass is 9.82. The highest BCUT2D eigenvalue weighted by Crippen LogP contribution is 2.42. The van der Waals surface area contributed by atoms with Crippen LogP contribution in [0.25, 0.3) is 0 Å². The van der Waals surface area contributed by atoms with Crippen molar-refractivity contribution in [3.05, 3.63) is 0 Å². The minimum absolute atomic E-state index is 0.0243. The number of carboxylic acids is 1. The van der Waals surface area contributed by atoms with E-state index in [9.17, 15) is 14.7 Å². The Bertz CT molecular complexity index is 341. The standard InChI is InChI=1S/C15H25NO3/c1-16(12-7-3-2-4-8-12)13(17)11-15(14(18)19)9-5-6-10-15/h12H,2-11H2,1H3,(H,18,19). The summed E-state index contributed by atoms with van der Waals surface area (Å²) in [5.41, 5.74) is -0.778. The highest BCUT2D eigenvalue weighted by molar-refractivity contribution is 5.85. The SMILES string of the molecule is CN(C(=O)CC1(C(=O)O)CCCC1)C1CCCCC1. The van der Waals surface area contributed by atoms with Gasteiger partial charge in [0.1, 0.15) is 0 Å². The summed E-state index contributed by atoms with van der Waals surface area (Å²) >= 11 is 0. The molecule has 0 aliphatic heterocycles. The van der Waals surface area contributed by atoms with Gasteiger partial charge in [-0.1, -0.05) is 32.1 Å². The molecule has 0 aromatic rings. The van der Waals surface area contributed by atoms with Crippen LogP contribution in [0.3, 0.4) is 0 Å². The fourth-order valence-electron chi connectivity index (χ4n) is 3.60. The Balaban J connectivity index is 1.97. The summed E-state index contributed by atoms with van der Waals surface area (Å²) in [6.07, 6.45) is 9.16. The largest absolute Gasteiger partial charge is 0.481 e. The fraction of sp³-hybridized carbons (Fsp3) is 0.867. The average Bonchev–Trinajstić information content (AvgIpc) is 2.88. The van der Waals surface area contributed by atoms with Gasteiger partial charge in [0, 0.05) is 19.5 Å². The number of nitrogens with zero attached hydrogens (tertiary/aromatic N) is 1. The van der Waals surface area contributed by atoms with Gasteiger partial charge in [0.15, 0.2) is 0 Å². The van der Waals surface area contributed by atoms with Crippen LogP contribution in [0.4, 0.5) is 0 Å². The first-order valence-corrected chi connectivity index (χ1v) is 7.54. The fourth-order valence-corrected chi connectivity index (χ4v) is 3.60. The van der Waals surface area contributed by atoms with Crippen LogP contribution in [0, 0.1) is 5.41 Å². The van der Waals surface area contributed by atoms with Gasteiger partial charge in [-0.3, -0.25) is 9.59 Å². The molecule has 2 saturated carbocycles. The van der Waals surface area contributed by atoms with Crippen LogP contribution in [0.1, 0.15) is 64.2 Å². The molecule has 1 N–H and O–H groups in total. The maximum atomic E-state index is 12.4. The molecule has 2 rings (SSSR count). The Morgan fingerprint density at radius 2 is 1.68 bits per heavy atom. The molecule has 4 nitrogen and oxygen atoms in total. The van der Waals surface area contributed by atoms with Crippen LogP contribution in [0.2, 0.25) is 0 Å². The van der Waals surface area contributed by atoms with Gasteiger partial charge in [-0.2, -0.15) is 0 Å². The third kappa shape index (κ3) is 3.10. The highest BCUT2D eigenvalue weighted by Gasteiger charge is 2.44. The van der Waals surface area contributed by atoms with Gasteiger partial charge in [0.2, 0.25) is 5.91 Å². The molecule has 19 heavy (non-hydrogen) atoms. The first-order valence-electron chi connectivity index (χ1n) is 7.54. The molecule has 2 aliphatic carbocycles. The summed E-state index contributed by atoms with van der Waals surface area (Å²) in [5, 5.41) is 9.43. The number of hydrogen-bond donors (Lipinski definition) is 1. The summed E-state index contributed by atoms with van der Waals surface area (Å²) in [5.74, 6) is -0.758. The molecule has 0 aromatic carbocycles. The smallest absolute Gasteiger partial charge is 0.310 e. The molecule has 0 atom stereocenters. The highest BCUT2D eigenvalue weighted by atomic mass is 16.4. The van der Waals surface area contributed by atoms with E-state index < -0.39 is 11.4 Å². The second-order valence-corrected chi connectivity index (χ2v) is 6.27. The Kier molecular flexibility index (Phi) is 4.48. The summed E-state index contributed by atoms with van der Waals surface area (Å²) in [4.78, 5) is 25.7. The van der Waals surface area contributed by atoms with Gasteiger partial charge >= 0.3 is 5.97 Å². The van der Waals surface area contributed by atoms with Gasteiger partial charge in [0.25, 0.3) is 0 Å². The Morgan fingerprint density at radius 1 is 1.11 bits per heavy atom. The van der Waals surface area contributed by atoms with Gasteiger partial charge in [-0.05, 0) is 25.7 Å². The molecule has 1 amide bonds. The van der Waals surface area contributed by atoms with Gasteiger partial charge in [-0.15, -0.1) is 0 Å². The van der Waals surface area contributed by atoms with Crippen molar-refractivity contribution < 1.29 is 14.7 Å². The predicted octanol–water partition coefficient (Wildman–Crippen LogP) is 2.81. The van der Waals surface area contributed by atoms with Crippen LogP contribution >= 0.6 is 0 Å². The maximum absolute atomic E-state index is 12.4. The lowest BCUT2D eigenvalue weighted by Crippen LogP contribution is -2.42. The van der Waals surface area contributed by atoms with E-state index in [2.05, 4.69) is 0 Å². The van der Waals surface area contributed by atoms with Gasteiger partial charge in [-0.25, -0.2) is 0 Å². The molecule has 0 radical (unpaired) electrons. The zero-order valence-corrected chi connectivity index (χ0v) is 11.9. The van der Waals surface area contributed by atoms with Gasteiger partial charge < -0.3 is 10.0 Å². The number of carbonyl (C=O) groups is 2. The summed E-state index contributed by atoms with van der Waals surface area (Å²) in [6, 6.07) is 0.327. The topological polar surface area (TPSA) is 57.6 Å². The van der Waals surface area contributed by atoms with Crippen LogP contribution < -0.4 is 0 Å². The molecule has 0 unspecified atom stereocenters. The normalized spacial score (nSPS) is 23.2. The molecule has 4 heteroatoms. The molecular weight excluding hydrogens is 242 g/mol. The number of carboxylic acid groups (broad SMARTS) is 1. The van der Waals surface area contributed by atoms with Crippen molar-refractivity contribution in [1.29, 1.82) is 0 Å². The average molecular weight is 267 g/mol. The van der Waals surface area contributed by atoms with Crippen molar-refractivity contribution >= 4 is 11.9 Å². The van der Waals surface area contributed by atoms with Crippen molar-refractivity contribution in [1.82, 2.24) is 4.90 Å². The zero-order valence-electron chi connectivity index (χ0n) is 11.9. The van der Waals surface area contributed by atoms with Crippen molar-refractivity contribution in [2.75, 3.05) is 7.05 Å². The lowest BCUT2D eigenvalue weighted by Gasteiger charge is -2.33. The summed E-state index contributed by atoms with van der Waals surface area (Å²) in [7, 11) is 1.85. The molecule has 2 fully saturated rings. The monoisotopic (exact) mass is 267 g/mol. The number of amides is 1. The second kappa shape index (κ2) is 5.93. The quantitative estimate of drug-likeness (QED) is 0.852. The number of hydrogen-bond acceptors (Lipinski definition) is 2. The summed E-state index contributed by atoms with van der Waals surface area (Å²) in [6.45, 7) is 0. The van der Waals surface area contributed by atoms with E-state index in [1.165, 1.54) is 19.3 Å². The zero-order chi connectivity index (χ0) is 13.9. The second-order valence-electron chi connectivity index (χ2n) is 6.27. The van der Waals surface area contributed by atoms with Gasteiger partial charge in [0.05, 0.1) is 5.41 Å². The molecule has 0 saturated heterocycles. The van der Waals surface area contributed by atoms with Crippen molar-refractivity contribution in [3.63, 3.8) is 0 Å². The molecule has 0 spiro atoms. The molecule has 2 aliphatic rings. The minimum Gasteiger partial charge on any atom is -0.481 e. The molecular formula is C15H25NO3. The van der Waals surface area contributed by atoms with E-state index in [1.807, 2.05) is 11.9 Å². The Labute approximate surface area is 115 Å². The minimum atomic E-state index is -0.782. The van der Waals surface area contributed by atoms with Crippen LogP contribution in [0.5, 0.6) is 0 Å². The number of rotatable bonds is 4. The Hall–Kier alpha value is -1.06. The van der Waals surface area contributed by atoms with Crippen molar-refractivity contribution in [2.45, 2.75) is 70.3 Å². The first-order chi connectivity index (χ1) is 9.05. The van der Waals surface area contributed by atoms with E-state index in [0.29, 0.717) is 18.9 Å². The third-order valence-electron chi connectivity index (χ3n) is 5.02. The third-order valence-corrected chi connectivity index (χ3v) is 5.02. The van der Waals surface area contributed by atoms with Crippen LogP contribution in [0.15, 0.2) is 0 Å². The predicted molar refractivity (Wildman–Crippen MR) is 72.8 cm³/mol. The van der Waals surface area contributed by atoms with E-state index >= 15 is 0 Å². The van der Waals surface area contributed by atoms with E-state index in [-0.39, 0.29) is 12.3 Å². The Morgan fingerprint density at radius 3 is 2.21 bits per heavy atom. The van der Waals surface area contributed by atoms with E-state index in [4.69, 9.17) is 0 Å². The van der Waals surface area contributed by atoms with Crippen molar-refractivity contribution in [3.8, 4) is 0 Å². The van der Waals surface area contributed by atoms with Crippen LogP contribution in [-0.2, 0) is 9.59 Å². The molecule has 0 bridgehead atoms. The molecule has 108 valence electrons. The molecule has 0 heterocycles. The maximum Gasteiger partial charge on any atom is 0.310 e. The van der Waals surface area contributed by atoms with Crippen LogP contribution in [-0.4, -0.2) is 35.0 Å². The summed E-state index contributed by atoms with van der Waals surface area (Å²) < 4.78 is 0. The lowest BCUT2D eigenvalue weighted by molar-refractivity contribution is -0.153. The number of aliphatic carboxylic acids is 1.